The maximum absolute atomic E-state index is 13.1. The molecule has 1 atom stereocenters. The van der Waals surface area contributed by atoms with E-state index in [1.54, 1.807) is 24.3 Å². The van der Waals surface area contributed by atoms with E-state index in [0.29, 0.717) is 36.6 Å². The number of ether oxygens (including phenoxy) is 1. The summed E-state index contributed by atoms with van der Waals surface area (Å²) in [5.74, 6) is -1.09. The van der Waals surface area contributed by atoms with Crippen molar-refractivity contribution >= 4 is 38.8 Å². The van der Waals surface area contributed by atoms with Crippen LogP contribution in [0.5, 0.6) is 0 Å². The number of hydrogen-bond acceptors (Lipinski definition) is 7. The van der Waals surface area contributed by atoms with Gasteiger partial charge in [0, 0.05) is 30.1 Å². The SMILES string of the molecule is N[C@H]1CS(=O)(=O)c2ccc(C(=O)CCCN3CCOCC3)cc2N(Cc2ccc(Cl)cc2)C1=O. The second kappa shape index (κ2) is 10.5. The van der Waals surface area contributed by atoms with Crippen LogP contribution in [0.3, 0.4) is 0 Å². The molecule has 0 spiro atoms. The molecule has 0 aliphatic carbocycles. The van der Waals surface area contributed by atoms with E-state index in [1.807, 2.05) is 0 Å². The summed E-state index contributed by atoms with van der Waals surface area (Å²) in [7, 11) is -3.80. The van der Waals surface area contributed by atoms with E-state index in [4.69, 9.17) is 22.1 Å². The molecule has 0 unspecified atom stereocenters. The van der Waals surface area contributed by atoms with Gasteiger partial charge in [-0.2, -0.15) is 0 Å². The number of morpholine rings is 1. The molecule has 0 aromatic heterocycles. The number of nitrogens with two attached hydrogens (primary N) is 1. The Morgan fingerprint density at radius 3 is 2.53 bits per heavy atom. The molecule has 182 valence electrons. The molecule has 8 nitrogen and oxygen atoms in total. The van der Waals surface area contributed by atoms with E-state index in [1.165, 1.54) is 23.1 Å². The quantitative estimate of drug-likeness (QED) is 0.575. The van der Waals surface area contributed by atoms with Crippen molar-refractivity contribution in [3.05, 3.63) is 58.6 Å². The number of anilines is 1. The van der Waals surface area contributed by atoms with Crippen molar-refractivity contribution in [3.63, 3.8) is 0 Å². The van der Waals surface area contributed by atoms with Gasteiger partial charge in [-0.3, -0.25) is 14.5 Å². The predicted molar refractivity (Wildman–Crippen MR) is 130 cm³/mol. The minimum Gasteiger partial charge on any atom is -0.379 e. The van der Waals surface area contributed by atoms with Gasteiger partial charge in [0.1, 0.15) is 0 Å². The third kappa shape index (κ3) is 5.67. The fraction of sp³-hybridized carbons (Fsp3) is 0.417. The zero-order chi connectivity index (χ0) is 24.3. The van der Waals surface area contributed by atoms with Gasteiger partial charge in [0.2, 0.25) is 5.91 Å². The molecule has 1 saturated heterocycles. The molecule has 10 heteroatoms. The number of carbonyl (C=O) groups is 2. The van der Waals surface area contributed by atoms with E-state index in [9.17, 15) is 18.0 Å². The molecule has 2 heterocycles. The minimum absolute atomic E-state index is 0.00707. The summed E-state index contributed by atoms with van der Waals surface area (Å²) in [5, 5.41) is 0.551. The van der Waals surface area contributed by atoms with Crippen molar-refractivity contribution in [3.8, 4) is 0 Å². The summed E-state index contributed by atoms with van der Waals surface area (Å²) in [6, 6.07) is 10.2. The largest absolute Gasteiger partial charge is 0.379 e. The number of carbonyl (C=O) groups excluding carboxylic acids is 2. The number of rotatable bonds is 7. The summed E-state index contributed by atoms with van der Waals surface area (Å²) in [6.07, 6.45) is 1.01. The predicted octanol–water partition coefficient (Wildman–Crippen LogP) is 2.28. The highest BCUT2D eigenvalue weighted by Gasteiger charge is 2.36. The third-order valence-corrected chi connectivity index (χ3v) is 8.19. The normalized spacial score (nSPS) is 20.6. The van der Waals surface area contributed by atoms with E-state index < -0.39 is 27.5 Å². The van der Waals surface area contributed by atoms with Gasteiger partial charge in [0.25, 0.3) is 0 Å². The van der Waals surface area contributed by atoms with Gasteiger partial charge in [-0.15, -0.1) is 0 Å². The molecule has 0 radical (unpaired) electrons. The molecule has 0 bridgehead atoms. The first-order valence-corrected chi connectivity index (χ1v) is 13.3. The van der Waals surface area contributed by atoms with Crippen LogP contribution in [-0.2, 0) is 25.9 Å². The fourth-order valence-corrected chi connectivity index (χ4v) is 5.93. The lowest BCUT2D eigenvalue weighted by atomic mass is 10.0. The van der Waals surface area contributed by atoms with E-state index in [2.05, 4.69) is 4.90 Å². The lowest BCUT2D eigenvalue weighted by Crippen LogP contribution is -2.45. The second-order valence-corrected chi connectivity index (χ2v) is 11.0. The number of ketones is 1. The first-order valence-electron chi connectivity index (χ1n) is 11.3. The zero-order valence-electron chi connectivity index (χ0n) is 18.8. The number of sulfone groups is 1. The van der Waals surface area contributed by atoms with Gasteiger partial charge in [-0.25, -0.2) is 8.42 Å². The summed E-state index contributed by atoms with van der Waals surface area (Å²) < 4.78 is 31.2. The molecule has 2 aliphatic rings. The van der Waals surface area contributed by atoms with Gasteiger partial charge in [0.05, 0.1) is 42.1 Å². The highest BCUT2D eigenvalue weighted by molar-refractivity contribution is 7.91. The molecule has 1 fully saturated rings. The topological polar surface area (TPSA) is 110 Å². The molecule has 2 aromatic carbocycles. The van der Waals surface area contributed by atoms with Crippen molar-refractivity contribution < 1.29 is 22.7 Å². The van der Waals surface area contributed by atoms with Crippen LogP contribution in [0.25, 0.3) is 0 Å². The van der Waals surface area contributed by atoms with E-state index in [-0.39, 0.29) is 22.9 Å². The molecule has 4 rings (SSSR count). The van der Waals surface area contributed by atoms with Crippen molar-refractivity contribution in [2.24, 2.45) is 5.73 Å². The molecule has 1 amide bonds. The van der Waals surface area contributed by atoms with Crippen LogP contribution in [0.4, 0.5) is 5.69 Å². The standard InChI is InChI=1S/C24H28ClN3O5S/c25-19-6-3-17(4-7-19)15-28-21-14-18(22(29)2-1-9-27-10-12-33-13-11-27)5-8-23(21)34(31,32)16-20(26)24(28)30/h3-8,14,20H,1-2,9-13,15-16,26H2/t20-/m0/s1. The summed E-state index contributed by atoms with van der Waals surface area (Å²) in [4.78, 5) is 29.7. The third-order valence-electron chi connectivity index (χ3n) is 6.12. The van der Waals surface area contributed by atoms with Crippen LogP contribution in [0.15, 0.2) is 47.4 Å². The smallest absolute Gasteiger partial charge is 0.245 e. The van der Waals surface area contributed by atoms with E-state index >= 15 is 0 Å². The first kappa shape index (κ1) is 24.8. The lowest BCUT2D eigenvalue weighted by molar-refractivity contribution is -0.119. The molecule has 2 aromatic rings. The van der Waals surface area contributed by atoms with Crippen molar-refractivity contribution in [1.82, 2.24) is 4.90 Å². The Kier molecular flexibility index (Phi) is 7.69. The summed E-state index contributed by atoms with van der Waals surface area (Å²) in [6.45, 7) is 4.02. The number of benzene rings is 2. The maximum atomic E-state index is 13.1. The molecule has 2 N–H and O–H groups in total. The highest BCUT2D eigenvalue weighted by Crippen LogP contribution is 2.33. The molecule has 0 saturated carbocycles. The van der Waals surface area contributed by atoms with Crippen molar-refractivity contribution in [2.75, 3.05) is 43.5 Å². The molecular formula is C24H28ClN3O5S. The Morgan fingerprint density at radius 1 is 1.12 bits per heavy atom. The number of hydrogen-bond donors (Lipinski definition) is 1. The number of Topliss-reactive ketones (excluding diaryl/α,β-unsaturated/α-hetero) is 1. The zero-order valence-corrected chi connectivity index (χ0v) is 20.4. The van der Waals surface area contributed by atoms with Crippen LogP contribution < -0.4 is 10.6 Å². The maximum Gasteiger partial charge on any atom is 0.245 e. The number of fused-ring (bicyclic) bond motifs is 1. The van der Waals surface area contributed by atoms with Crippen LogP contribution in [-0.4, -0.2) is 69.7 Å². The Morgan fingerprint density at radius 2 is 1.82 bits per heavy atom. The Hall–Kier alpha value is -2.30. The second-order valence-electron chi connectivity index (χ2n) is 8.60. The average molecular weight is 506 g/mol. The van der Waals surface area contributed by atoms with Gasteiger partial charge < -0.3 is 15.4 Å². The Balaban J connectivity index is 1.60. The Bertz CT molecular complexity index is 1160. The first-order chi connectivity index (χ1) is 16.2. The summed E-state index contributed by atoms with van der Waals surface area (Å²) >= 11 is 5.97. The van der Waals surface area contributed by atoms with Gasteiger partial charge in [-0.05, 0) is 48.9 Å². The fourth-order valence-electron chi connectivity index (χ4n) is 4.25. The molecule has 2 aliphatic heterocycles. The van der Waals surface area contributed by atoms with Crippen LogP contribution in [0.1, 0.15) is 28.8 Å². The molecule has 34 heavy (non-hydrogen) atoms. The van der Waals surface area contributed by atoms with Crippen molar-refractivity contribution in [2.45, 2.75) is 30.3 Å². The summed E-state index contributed by atoms with van der Waals surface area (Å²) in [5.41, 5.74) is 7.29. The van der Waals surface area contributed by atoms with Crippen molar-refractivity contribution in [1.29, 1.82) is 0 Å². The molecular weight excluding hydrogens is 478 g/mol. The van der Waals surface area contributed by atoms with Crippen LogP contribution >= 0.6 is 11.6 Å². The van der Waals surface area contributed by atoms with Crippen LogP contribution in [0.2, 0.25) is 5.02 Å². The number of nitrogens with zero attached hydrogens (tertiary/aromatic N) is 2. The lowest BCUT2D eigenvalue weighted by Gasteiger charge is -2.26. The Labute approximate surface area is 204 Å². The van der Waals surface area contributed by atoms with Gasteiger partial charge >= 0.3 is 0 Å². The van der Waals surface area contributed by atoms with Crippen LogP contribution in [0, 0.1) is 0 Å². The highest BCUT2D eigenvalue weighted by atomic mass is 35.5. The monoisotopic (exact) mass is 505 g/mol. The van der Waals surface area contributed by atoms with E-state index in [0.717, 1.165) is 25.2 Å². The van der Waals surface area contributed by atoms with Gasteiger partial charge in [-0.1, -0.05) is 23.7 Å². The average Bonchev–Trinajstić information content (AvgIpc) is 2.89. The van der Waals surface area contributed by atoms with Gasteiger partial charge in [0.15, 0.2) is 15.6 Å². The number of halogens is 1. The minimum atomic E-state index is -3.80. The number of amides is 1.